The van der Waals surface area contributed by atoms with Gasteiger partial charge in [0.25, 0.3) is 5.91 Å². The molecule has 1 fully saturated rings. The van der Waals surface area contributed by atoms with Gasteiger partial charge in [-0.1, -0.05) is 37.5 Å². The zero-order chi connectivity index (χ0) is 15.1. The number of benzene rings is 1. The Morgan fingerprint density at radius 1 is 1.14 bits per heavy atom. The molecule has 0 bridgehead atoms. The number of hydrogen-bond acceptors (Lipinski definition) is 2. The summed E-state index contributed by atoms with van der Waals surface area (Å²) in [6, 6.07) is 7.79. The van der Waals surface area contributed by atoms with Crippen molar-refractivity contribution in [2.45, 2.75) is 51.5 Å². The Morgan fingerprint density at radius 2 is 1.86 bits per heavy atom. The summed E-state index contributed by atoms with van der Waals surface area (Å²) in [5, 5.41) is 5.86. The van der Waals surface area contributed by atoms with Crippen LogP contribution in [0.5, 0.6) is 0 Å². The Labute approximate surface area is 126 Å². The standard InChI is InChI=1S/C17H24N2O2/c1-13-7-5-6-10-15(13)17(21)18-12-11-16(20)19-14-8-3-2-4-9-14/h5-7,10,14H,2-4,8-9,11-12H2,1H3,(H,18,21)(H,19,20). The Hall–Kier alpha value is -1.84. The molecule has 2 amide bonds. The molecule has 0 saturated heterocycles. The van der Waals surface area contributed by atoms with Gasteiger partial charge in [-0.3, -0.25) is 9.59 Å². The maximum atomic E-state index is 12.0. The van der Waals surface area contributed by atoms with Crippen LogP contribution in [0.2, 0.25) is 0 Å². The molecule has 2 N–H and O–H groups in total. The van der Waals surface area contributed by atoms with E-state index >= 15 is 0 Å². The highest BCUT2D eigenvalue weighted by atomic mass is 16.2. The quantitative estimate of drug-likeness (QED) is 0.875. The van der Waals surface area contributed by atoms with Crippen LogP contribution < -0.4 is 10.6 Å². The van der Waals surface area contributed by atoms with Crippen molar-refractivity contribution in [1.82, 2.24) is 10.6 Å². The van der Waals surface area contributed by atoms with Crippen molar-refractivity contribution in [1.29, 1.82) is 0 Å². The van der Waals surface area contributed by atoms with Gasteiger partial charge in [0.1, 0.15) is 0 Å². The van der Waals surface area contributed by atoms with Crippen molar-refractivity contribution in [3.8, 4) is 0 Å². The van der Waals surface area contributed by atoms with E-state index in [0.29, 0.717) is 24.6 Å². The van der Waals surface area contributed by atoms with Crippen LogP contribution in [0, 0.1) is 6.92 Å². The van der Waals surface area contributed by atoms with Crippen LogP contribution in [-0.2, 0) is 4.79 Å². The lowest BCUT2D eigenvalue weighted by atomic mass is 9.95. The first-order chi connectivity index (χ1) is 10.2. The molecule has 1 aliphatic rings. The van der Waals surface area contributed by atoms with Crippen LogP contribution in [0.3, 0.4) is 0 Å². The van der Waals surface area contributed by atoms with Gasteiger partial charge >= 0.3 is 0 Å². The molecule has 0 radical (unpaired) electrons. The molecule has 0 spiro atoms. The van der Waals surface area contributed by atoms with Crippen LogP contribution >= 0.6 is 0 Å². The second-order valence-electron chi connectivity index (χ2n) is 5.72. The Kier molecular flexibility index (Phi) is 5.78. The van der Waals surface area contributed by atoms with Crippen molar-refractivity contribution in [3.63, 3.8) is 0 Å². The number of hydrogen-bond donors (Lipinski definition) is 2. The first kappa shape index (κ1) is 15.5. The summed E-state index contributed by atoms with van der Waals surface area (Å²) in [5.74, 6) is -0.0782. The van der Waals surface area contributed by atoms with Gasteiger partial charge in [-0.2, -0.15) is 0 Å². The van der Waals surface area contributed by atoms with E-state index in [1.807, 2.05) is 25.1 Å². The van der Waals surface area contributed by atoms with Crippen LogP contribution in [0.25, 0.3) is 0 Å². The predicted molar refractivity (Wildman–Crippen MR) is 83.1 cm³/mol. The first-order valence-electron chi connectivity index (χ1n) is 7.80. The summed E-state index contributed by atoms with van der Waals surface area (Å²) < 4.78 is 0. The van der Waals surface area contributed by atoms with Gasteiger partial charge in [0.15, 0.2) is 0 Å². The zero-order valence-corrected chi connectivity index (χ0v) is 12.7. The van der Waals surface area contributed by atoms with Crippen LogP contribution in [0.15, 0.2) is 24.3 Å². The average molecular weight is 288 g/mol. The Morgan fingerprint density at radius 3 is 2.57 bits per heavy atom. The van der Waals surface area contributed by atoms with E-state index in [4.69, 9.17) is 0 Å². The number of aryl methyl sites for hydroxylation is 1. The fraction of sp³-hybridized carbons (Fsp3) is 0.529. The molecular formula is C17H24N2O2. The Bertz CT molecular complexity index is 493. The third-order valence-electron chi connectivity index (χ3n) is 4.00. The number of carbonyl (C=O) groups is 2. The second kappa shape index (κ2) is 7.81. The summed E-state index contributed by atoms with van der Waals surface area (Å²) in [6.45, 7) is 2.29. The van der Waals surface area contributed by atoms with E-state index in [2.05, 4.69) is 10.6 Å². The van der Waals surface area contributed by atoms with E-state index in [-0.39, 0.29) is 11.8 Å². The lowest BCUT2D eigenvalue weighted by molar-refractivity contribution is -0.121. The lowest BCUT2D eigenvalue weighted by Crippen LogP contribution is -2.38. The maximum absolute atomic E-state index is 12.0. The SMILES string of the molecule is Cc1ccccc1C(=O)NCCC(=O)NC1CCCCC1. The summed E-state index contributed by atoms with van der Waals surface area (Å²) in [5.41, 5.74) is 1.62. The van der Waals surface area contributed by atoms with Gasteiger partial charge < -0.3 is 10.6 Å². The number of amides is 2. The molecule has 0 heterocycles. The number of carbonyl (C=O) groups excluding carboxylic acids is 2. The minimum Gasteiger partial charge on any atom is -0.353 e. The molecule has 0 atom stereocenters. The number of rotatable bonds is 5. The van der Waals surface area contributed by atoms with Crippen LogP contribution in [-0.4, -0.2) is 24.4 Å². The van der Waals surface area contributed by atoms with Gasteiger partial charge in [0.2, 0.25) is 5.91 Å². The van der Waals surface area contributed by atoms with Gasteiger partial charge in [0.05, 0.1) is 0 Å². The minimum atomic E-state index is -0.112. The van der Waals surface area contributed by atoms with Crippen LogP contribution in [0.1, 0.15) is 54.4 Å². The van der Waals surface area contributed by atoms with Gasteiger partial charge in [-0.25, -0.2) is 0 Å². The topological polar surface area (TPSA) is 58.2 Å². The fourth-order valence-electron chi connectivity index (χ4n) is 2.76. The highest BCUT2D eigenvalue weighted by Gasteiger charge is 2.15. The molecule has 4 nitrogen and oxygen atoms in total. The highest BCUT2D eigenvalue weighted by Crippen LogP contribution is 2.17. The summed E-state index contributed by atoms with van der Waals surface area (Å²) in [6.07, 6.45) is 6.19. The van der Waals surface area contributed by atoms with E-state index in [1.165, 1.54) is 19.3 Å². The molecule has 1 aromatic carbocycles. The maximum Gasteiger partial charge on any atom is 0.251 e. The summed E-state index contributed by atoms with van der Waals surface area (Å²) in [7, 11) is 0. The molecule has 0 unspecified atom stereocenters. The molecule has 0 aliphatic heterocycles. The molecule has 2 rings (SSSR count). The van der Waals surface area contributed by atoms with Crippen LogP contribution in [0.4, 0.5) is 0 Å². The molecular weight excluding hydrogens is 264 g/mol. The normalized spacial score (nSPS) is 15.5. The first-order valence-corrected chi connectivity index (χ1v) is 7.80. The van der Waals surface area contributed by atoms with Gasteiger partial charge in [0, 0.05) is 24.6 Å². The molecule has 4 heteroatoms. The van der Waals surface area contributed by atoms with E-state index in [9.17, 15) is 9.59 Å². The monoisotopic (exact) mass is 288 g/mol. The van der Waals surface area contributed by atoms with Crippen molar-refractivity contribution in [3.05, 3.63) is 35.4 Å². The smallest absolute Gasteiger partial charge is 0.251 e. The average Bonchev–Trinajstić information content (AvgIpc) is 2.48. The van der Waals surface area contributed by atoms with E-state index in [1.54, 1.807) is 6.07 Å². The van der Waals surface area contributed by atoms with E-state index in [0.717, 1.165) is 18.4 Å². The highest BCUT2D eigenvalue weighted by molar-refractivity contribution is 5.95. The third kappa shape index (κ3) is 4.88. The molecule has 114 valence electrons. The van der Waals surface area contributed by atoms with Gasteiger partial charge in [-0.05, 0) is 31.4 Å². The third-order valence-corrected chi connectivity index (χ3v) is 4.00. The van der Waals surface area contributed by atoms with Crippen molar-refractivity contribution < 1.29 is 9.59 Å². The summed E-state index contributed by atoms with van der Waals surface area (Å²) >= 11 is 0. The summed E-state index contributed by atoms with van der Waals surface area (Å²) in [4.78, 5) is 23.8. The largest absolute Gasteiger partial charge is 0.353 e. The Balaban J connectivity index is 1.70. The van der Waals surface area contributed by atoms with Crippen molar-refractivity contribution in [2.24, 2.45) is 0 Å². The second-order valence-corrected chi connectivity index (χ2v) is 5.72. The molecule has 0 aromatic heterocycles. The molecule has 21 heavy (non-hydrogen) atoms. The van der Waals surface area contributed by atoms with Gasteiger partial charge in [-0.15, -0.1) is 0 Å². The molecule has 1 saturated carbocycles. The zero-order valence-electron chi connectivity index (χ0n) is 12.7. The fourth-order valence-corrected chi connectivity index (χ4v) is 2.76. The molecule has 1 aliphatic carbocycles. The molecule has 1 aromatic rings. The lowest BCUT2D eigenvalue weighted by Gasteiger charge is -2.22. The van der Waals surface area contributed by atoms with Crippen molar-refractivity contribution >= 4 is 11.8 Å². The minimum absolute atomic E-state index is 0.0342. The van der Waals surface area contributed by atoms with Crippen molar-refractivity contribution in [2.75, 3.05) is 6.54 Å². The van der Waals surface area contributed by atoms with E-state index < -0.39 is 0 Å². The predicted octanol–water partition coefficient (Wildman–Crippen LogP) is 2.56. The number of nitrogens with one attached hydrogen (secondary N) is 2.